The summed E-state index contributed by atoms with van der Waals surface area (Å²) in [6, 6.07) is 0. The highest BCUT2D eigenvalue weighted by Crippen LogP contribution is 2.42. The molecule has 1 heterocycles. The summed E-state index contributed by atoms with van der Waals surface area (Å²) in [5, 5.41) is 11.2. The van der Waals surface area contributed by atoms with Crippen molar-refractivity contribution in [3.8, 4) is 0 Å². The average molecular weight is 501 g/mol. The van der Waals surface area contributed by atoms with Crippen LogP contribution in [0.5, 0.6) is 0 Å². The van der Waals surface area contributed by atoms with E-state index in [1.165, 1.54) is 24.3 Å². The van der Waals surface area contributed by atoms with Crippen molar-refractivity contribution in [3.05, 3.63) is 48.6 Å². The molecule has 198 valence electrons. The first-order valence-electron chi connectivity index (χ1n) is 13.2. The number of methoxy groups -OCH3 is 1. The summed E-state index contributed by atoms with van der Waals surface area (Å²) in [4.78, 5) is 35.6. The van der Waals surface area contributed by atoms with E-state index in [0.29, 0.717) is 32.1 Å². The number of allylic oxidation sites excluding steroid dienone is 4. The normalized spacial score (nSPS) is 24.5. The molecule has 1 aliphatic heterocycles. The van der Waals surface area contributed by atoms with Crippen LogP contribution in [0, 0.1) is 0 Å². The molecule has 2 atom stereocenters. The minimum atomic E-state index is -1.44. The van der Waals surface area contributed by atoms with Gasteiger partial charge in [-0.15, -0.1) is 0 Å². The molecule has 0 bridgehead atoms. The number of ether oxygens (including phenoxy) is 3. The number of esters is 1. The topological polar surface area (TPSA) is 99.1 Å². The number of hydrogen-bond donors (Lipinski definition) is 1. The summed E-state index contributed by atoms with van der Waals surface area (Å²) < 4.78 is 17.5. The third kappa shape index (κ3) is 8.08. The average Bonchev–Trinajstić information content (AvgIpc) is 3.18. The van der Waals surface area contributed by atoms with E-state index >= 15 is 0 Å². The third-order valence-corrected chi connectivity index (χ3v) is 7.21. The SMILES string of the molecule is CCCCCCC(=O)OC(CCCCC1(OC)C=CC(=O)C=C1)CC1(O)CCC2(C=CC(=O)C=C2)O1. The maximum atomic E-state index is 12.6. The van der Waals surface area contributed by atoms with E-state index in [1.54, 1.807) is 31.4 Å². The van der Waals surface area contributed by atoms with Crippen LogP contribution in [0.4, 0.5) is 0 Å². The first-order chi connectivity index (χ1) is 17.2. The highest BCUT2D eigenvalue weighted by molar-refractivity contribution is 6.01. The van der Waals surface area contributed by atoms with Crippen LogP contribution in [0.1, 0.15) is 84.0 Å². The first kappa shape index (κ1) is 28.2. The Bertz CT molecular complexity index is 881. The Balaban J connectivity index is 1.57. The number of aliphatic hydroxyl groups is 1. The zero-order chi connectivity index (χ0) is 26.1. The molecule has 0 saturated carbocycles. The van der Waals surface area contributed by atoms with E-state index in [2.05, 4.69) is 6.92 Å². The van der Waals surface area contributed by atoms with Crippen molar-refractivity contribution < 1.29 is 33.7 Å². The van der Waals surface area contributed by atoms with Gasteiger partial charge in [0.1, 0.15) is 17.3 Å². The van der Waals surface area contributed by atoms with Gasteiger partial charge in [0.15, 0.2) is 17.4 Å². The molecule has 0 radical (unpaired) electrons. The van der Waals surface area contributed by atoms with Gasteiger partial charge in [-0.2, -0.15) is 0 Å². The van der Waals surface area contributed by atoms with E-state index in [-0.39, 0.29) is 24.0 Å². The molecule has 36 heavy (non-hydrogen) atoms. The Hall–Kier alpha value is -2.35. The lowest BCUT2D eigenvalue weighted by Crippen LogP contribution is -2.38. The van der Waals surface area contributed by atoms with Crippen molar-refractivity contribution in [1.82, 2.24) is 0 Å². The Kier molecular flexibility index (Phi) is 10.00. The summed E-state index contributed by atoms with van der Waals surface area (Å²) in [6.45, 7) is 2.13. The van der Waals surface area contributed by atoms with Gasteiger partial charge in [0.25, 0.3) is 0 Å². The Morgan fingerprint density at radius 2 is 1.64 bits per heavy atom. The predicted octanol–water partition coefficient (Wildman–Crippen LogP) is 4.83. The van der Waals surface area contributed by atoms with Crippen molar-refractivity contribution >= 4 is 17.5 Å². The molecule has 3 aliphatic rings. The molecule has 7 heteroatoms. The van der Waals surface area contributed by atoms with Crippen LogP contribution in [-0.4, -0.2) is 52.8 Å². The van der Waals surface area contributed by atoms with Gasteiger partial charge in [0, 0.05) is 26.4 Å². The highest BCUT2D eigenvalue weighted by atomic mass is 16.6. The number of carbonyl (C=O) groups is 3. The zero-order valence-corrected chi connectivity index (χ0v) is 21.6. The molecule has 2 unspecified atom stereocenters. The van der Waals surface area contributed by atoms with Gasteiger partial charge in [-0.1, -0.05) is 26.2 Å². The Morgan fingerprint density at radius 3 is 2.28 bits per heavy atom. The highest BCUT2D eigenvalue weighted by Gasteiger charge is 2.47. The number of hydrogen-bond acceptors (Lipinski definition) is 7. The molecule has 2 aliphatic carbocycles. The minimum Gasteiger partial charge on any atom is -0.462 e. The lowest BCUT2D eigenvalue weighted by Gasteiger charge is -2.32. The number of rotatable bonds is 14. The molecule has 1 spiro atoms. The number of unbranched alkanes of at least 4 members (excludes halogenated alkanes) is 4. The maximum absolute atomic E-state index is 12.6. The monoisotopic (exact) mass is 500 g/mol. The van der Waals surface area contributed by atoms with Crippen molar-refractivity contribution in [1.29, 1.82) is 0 Å². The van der Waals surface area contributed by atoms with Gasteiger partial charge < -0.3 is 19.3 Å². The number of ketones is 2. The summed E-state index contributed by atoms with van der Waals surface area (Å²) in [6.07, 6.45) is 20.7. The van der Waals surface area contributed by atoms with Crippen molar-refractivity contribution in [2.45, 2.75) is 107 Å². The molecule has 0 aromatic rings. The molecular formula is C29H40O7. The number of carbonyl (C=O) groups excluding carboxylic acids is 3. The van der Waals surface area contributed by atoms with Crippen LogP contribution in [0.2, 0.25) is 0 Å². The van der Waals surface area contributed by atoms with Crippen molar-refractivity contribution in [3.63, 3.8) is 0 Å². The van der Waals surface area contributed by atoms with E-state index < -0.39 is 23.1 Å². The fourth-order valence-corrected chi connectivity index (χ4v) is 5.02. The van der Waals surface area contributed by atoms with E-state index in [4.69, 9.17) is 14.2 Å². The van der Waals surface area contributed by atoms with Gasteiger partial charge in [0.2, 0.25) is 0 Å². The minimum absolute atomic E-state index is 0.0526. The Labute approximate surface area is 214 Å². The quantitative estimate of drug-likeness (QED) is 0.269. The zero-order valence-electron chi connectivity index (χ0n) is 21.6. The molecule has 0 amide bonds. The van der Waals surface area contributed by atoms with Gasteiger partial charge in [-0.25, -0.2) is 0 Å². The molecule has 1 saturated heterocycles. The maximum Gasteiger partial charge on any atom is 0.306 e. The van der Waals surface area contributed by atoms with Crippen molar-refractivity contribution in [2.75, 3.05) is 7.11 Å². The van der Waals surface area contributed by atoms with E-state index in [9.17, 15) is 19.5 Å². The van der Waals surface area contributed by atoms with Gasteiger partial charge in [-0.3, -0.25) is 14.4 Å². The van der Waals surface area contributed by atoms with E-state index in [0.717, 1.165) is 38.5 Å². The fourth-order valence-electron chi connectivity index (χ4n) is 5.02. The van der Waals surface area contributed by atoms with Crippen LogP contribution in [0.15, 0.2) is 48.6 Å². The molecule has 0 aromatic carbocycles. The largest absolute Gasteiger partial charge is 0.462 e. The van der Waals surface area contributed by atoms with Crippen LogP contribution >= 0.6 is 0 Å². The van der Waals surface area contributed by atoms with Crippen LogP contribution in [0.25, 0.3) is 0 Å². The second kappa shape index (κ2) is 12.7. The fraction of sp³-hybridized carbons (Fsp3) is 0.621. The molecule has 0 aromatic heterocycles. The third-order valence-electron chi connectivity index (χ3n) is 7.21. The Morgan fingerprint density at radius 1 is 0.972 bits per heavy atom. The standard InChI is InChI=1S/C29H40O7/c1-3-4-5-6-10-26(32)35-25(9-7-8-15-27(34-2)16-11-23(30)12-17-27)22-29(33)21-20-28(36-29)18-13-24(31)14-19-28/h11-14,16-19,25,33H,3-10,15,20-22H2,1-2H3. The van der Waals surface area contributed by atoms with Crippen molar-refractivity contribution in [2.24, 2.45) is 0 Å². The smallest absolute Gasteiger partial charge is 0.306 e. The second-order valence-electron chi connectivity index (χ2n) is 10.2. The molecule has 1 N–H and O–H groups in total. The van der Waals surface area contributed by atoms with Gasteiger partial charge in [-0.05, 0) is 87.1 Å². The van der Waals surface area contributed by atoms with Gasteiger partial charge >= 0.3 is 5.97 Å². The first-order valence-corrected chi connectivity index (χ1v) is 13.2. The lowest BCUT2D eigenvalue weighted by atomic mass is 9.90. The predicted molar refractivity (Wildman–Crippen MR) is 136 cm³/mol. The van der Waals surface area contributed by atoms with Gasteiger partial charge in [0.05, 0.1) is 0 Å². The van der Waals surface area contributed by atoms with Crippen LogP contribution in [-0.2, 0) is 28.6 Å². The van der Waals surface area contributed by atoms with E-state index in [1.807, 2.05) is 0 Å². The van der Waals surface area contributed by atoms with Crippen LogP contribution in [0.3, 0.4) is 0 Å². The molecule has 7 nitrogen and oxygen atoms in total. The molecule has 1 fully saturated rings. The summed E-state index contributed by atoms with van der Waals surface area (Å²) >= 11 is 0. The molecule has 3 rings (SSSR count). The summed E-state index contributed by atoms with van der Waals surface area (Å²) in [5.74, 6) is -1.84. The summed E-state index contributed by atoms with van der Waals surface area (Å²) in [7, 11) is 1.62. The second-order valence-corrected chi connectivity index (χ2v) is 10.2. The lowest BCUT2D eigenvalue weighted by molar-refractivity contribution is -0.219. The molecular weight excluding hydrogens is 460 g/mol. The van der Waals surface area contributed by atoms with Crippen LogP contribution < -0.4 is 0 Å². The summed E-state index contributed by atoms with van der Waals surface area (Å²) in [5.41, 5.74) is -1.39.